The molecule has 1 fully saturated rings. The fraction of sp³-hybridized carbons (Fsp3) is 0.414. The van der Waals surface area contributed by atoms with E-state index >= 15 is 0 Å². The monoisotopic (exact) mass is 520 g/mol. The number of benzene rings is 2. The van der Waals surface area contributed by atoms with E-state index in [0.717, 1.165) is 36.8 Å². The van der Waals surface area contributed by atoms with Gasteiger partial charge in [0.15, 0.2) is 0 Å². The Balaban J connectivity index is 1.38. The van der Waals surface area contributed by atoms with Crippen molar-refractivity contribution in [3.05, 3.63) is 78.0 Å². The molecule has 1 aliphatic carbocycles. The minimum atomic E-state index is -0.580. The Morgan fingerprint density at radius 1 is 0.895 bits per heavy atom. The number of alkyl carbamates (subject to hydrolysis) is 1. The van der Waals surface area contributed by atoms with Gasteiger partial charge in [0.25, 0.3) is 5.88 Å². The smallest absolute Gasteiger partial charge is 0.412 e. The summed E-state index contributed by atoms with van der Waals surface area (Å²) in [6, 6.07) is 19.4. The van der Waals surface area contributed by atoms with Gasteiger partial charge >= 0.3 is 12.2 Å². The molecule has 0 aliphatic heterocycles. The highest BCUT2D eigenvalue weighted by Gasteiger charge is 2.27. The summed E-state index contributed by atoms with van der Waals surface area (Å²) < 4.78 is 18.6. The van der Waals surface area contributed by atoms with Crippen molar-refractivity contribution < 1.29 is 23.8 Å². The Morgan fingerprint density at radius 2 is 1.50 bits per heavy atom. The van der Waals surface area contributed by atoms with Crippen molar-refractivity contribution in [2.75, 3.05) is 5.32 Å². The van der Waals surface area contributed by atoms with E-state index in [1.165, 1.54) is 0 Å². The van der Waals surface area contributed by atoms with Gasteiger partial charge in [-0.3, -0.25) is 10.00 Å². The molecule has 0 atom stereocenters. The molecule has 9 heteroatoms. The van der Waals surface area contributed by atoms with Crippen LogP contribution >= 0.6 is 0 Å². The number of carbonyl (C=O) groups is 2. The zero-order valence-electron chi connectivity index (χ0n) is 22.2. The fourth-order valence-electron chi connectivity index (χ4n) is 4.31. The summed E-state index contributed by atoms with van der Waals surface area (Å²) in [7, 11) is 0. The number of rotatable bonds is 8. The maximum atomic E-state index is 12.6. The second kappa shape index (κ2) is 12.5. The number of nitrogens with zero attached hydrogens (tertiary/aromatic N) is 2. The quantitative estimate of drug-likeness (QED) is 0.365. The summed E-state index contributed by atoms with van der Waals surface area (Å²) in [5, 5.41) is 10.4. The number of aromatic nitrogens is 2. The summed E-state index contributed by atoms with van der Waals surface area (Å²) in [6.45, 7) is 6.03. The van der Waals surface area contributed by atoms with Gasteiger partial charge in [-0.25, -0.2) is 9.59 Å². The van der Waals surface area contributed by atoms with Gasteiger partial charge in [0, 0.05) is 6.04 Å². The zero-order valence-corrected chi connectivity index (χ0v) is 22.2. The molecule has 4 rings (SSSR count). The van der Waals surface area contributed by atoms with E-state index in [1.807, 2.05) is 86.1 Å². The molecule has 2 amide bonds. The van der Waals surface area contributed by atoms with Crippen LogP contribution in [-0.4, -0.2) is 33.6 Å². The van der Waals surface area contributed by atoms with Crippen LogP contribution in [0.4, 0.5) is 15.3 Å². The van der Waals surface area contributed by atoms with Crippen LogP contribution in [-0.2, 0) is 22.7 Å². The van der Waals surface area contributed by atoms with E-state index in [2.05, 4.69) is 15.7 Å². The van der Waals surface area contributed by atoms with Gasteiger partial charge in [-0.2, -0.15) is 0 Å². The largest absolute Gasteiger partial charge is 0.470 e. The van der Waals surface area contributed by atoms with Gasteiger partial charge in [0.2, 0.25) is 0 Å². The number of carbonyl (C=O) groups excluding carboxylic acids is 2. The molecule has 2 aromatic carbocycles. The summed E-state index contributed by atoms with van der Waals surface area (Å²) in [4.78, 5) is 24.7. The average molecular weight is 521 g/mol. The highest BCUT2D eigenvalue weighted by molar-refractivity contribution is 5.86. The van der Waals surface area contributed by atoms with Gasteiger partial charge < -0.3 is 19.5 Å². The van der Waals surface area contributed by atoms with Crippen LogP contribution in [0.1, 0.15) is 63.6 Å². The maximum Gasteiger partial charge on any atom is 0.412 e. The minimum Gasteiger partial charge on any atom is -0.470 e. The molecular weight excluding hydrogens is 484 g/mol. The number of hydrogen-bond donors (Lipinski definition) is 2. The lowest BCUT2D eigenvalue weighted by atomic mass is 9.91. The van der Waals surface area contributed by atoms with E-state index < -0.39 is 17.8 Å². The molecule has 0 bridgehead atoms. The Kier molecular flexibility index (Phi) is 8.89. The van der Waals surface area contributed by atoms with Gasteiger partial charge in [0.05, 0.1) is 12.2 Å². The fourth-order valence-corrected chi connectivity index (χ4v) is 4.31. The minimum absolute atomic E-state index is 0.0519. The van der Waals surface area contributed by atoms with Crippen molar-refractivity contribution in [1.29, 1.82) is 0 Å². The summed E-state index contributed by atoms with van der Waals surface area (Å²) in [5.41, 5.74) is 1.81. The summed E-state index contributed by atoms with van der Waals surface area (Å²) >= 11 is 0. The van der Waals surface area contributed by atoms with Gasteiger partial charge in [0.1, 0.15) is 24.5 Å². The van der Waals surface area contributed by atoms with Crippen LogP contribution in [0.5, 0.6) is 5.88 Å². The second-order valence-electron chi connectivity index (χ2n) is 10.4. The second-order valence-corrected chi connectivity index (χ2v) is 10.4. The Hall–Kier alpha value is -4.01. The first-order chi connectivity index (χ1) is 18.2. The Morgan fingerprint density at radius 3 is 2.11 bits per heavy atom. The van der Waals surface area contributed by atoms with Crippen molar-refractivity contribution >= 4 is 17.9 Å². The molecule has 3 aromatic rings. The van der Waals surface area contributed by atoms with Crippen molar-refractivity contribution in [2.24, 2.45) is 0 Å². The number of anilines is 1. The highest BCUT2D eigenvalue weighted by Crippen LogP contribution is 2.32. The van der Waals surface area contributed by atoms with E-state index in [-0.39, 0.29) is 18.7 Å². The molecule has 1 aliphatic rings. The molecule has 38 heavy (non-hydrogen) atoms. The third-order valence-electron chi connectivity index (χ3n) is 6.16. The van der Waals surface area contributed by atoms with Crippen LogP contribution in [0.3, 0.4) is 0 Å². The average Bonchev–Trinajstić information content (AvgIpc) is 3.29. The summed E-state index contributed by atoms with van der Waals surface area (Å²) in [5.74, 6) is 0.333. The third-order valence-corrected chi connectivity index (χ3v) is 6.16. The van der Waals surface area contributed by atoms with Crippen LogP contribution < -0.4 is 15.4 Å². The van der Waals surface area contributed by atoms with Crippen LogP contribution in [0.25, 0.3) is 0 Å². The first-order valence-corrected chi connectivity index (χ1v) is 13.0. The SMILES string of the molecule is CC(C)(C)OC(=O)NC1CCC(n2cc(NC(=O)OCc3ccccc3)c(OCc3ccccc3)n2)CC1. The molecule has 1 aromatic heterocycles. The Bertz CT molecular complexity index is 1180. The lowest BCUT2D eigenvalue weighted by molar-refractivity contribution is 0.0487. The van der Waals surface area contributed by atoms with Crippen molar-refractivity contribution in [3.63, 3.8) is 0 Å². The number of nitrogens with one attached hydrogen (secondary N) is 2. The molecular formula is C29H36N4O5. The predicted molar refractivity (Wildman–Crippen MR) is 144 cm³/mol. The molecule has 9 nitrogen and oxygen atoms in total. The van der Waals surface area contributed by atoms with Crippen LogP contribution in [0, 0.1) is 0 Å². The van der Waals surface area contributed by atoms with E-state index in [1.54, 1.807) is 6.20 Å². The number of amides is 2. The van der Waals surface area contributed by atoms with E-state index in [0.29, 0.717) is 18.2 Å². The molecule has 1 saturated carbocycles. The van der Waals surface area contributed by atoms with Gasteiger partial charge in [-0.05, 0) is 57.6 Å². The normalized spacial score (nSPS) is 17.3. The van der Waals surface area contributed by atoms with Crippen molar-refractivity contribution in [3.8, 4) is 5.88 Å². The molecule has 1 heterocycles. The third kappa shape index (κ3) is 8.26. The van der Waals surface area contributed by atoms with E-state index in [4.69, 9.17) is 14.2 Å². The van der Waals surface area contributed by atoms with Crippen LogP contribution in [0.15, 0.2) is 66.9 Å². The lowest BCUT2D eigenvalue weighted by Crippen LogP contribution is -2.41. The lowest BCUT2D eigenvalue weighted by Gasteiger charge is -2.30. The van der Waals surface area contributed by atoms with E-state index in [9.17, 15) is 9.59 Å². The molecule has 0 saturated heterocycles. The molecule has 0 spiro atoms. The molecule has 202 valence electrons. The maximum absolute atomic E-state index is 12.6. The van der Waals surface area contributed by atoms with Gasteiger partial charge in [-0.15, -0.1) is 5.10 Å². The number of hydrogen-bond acceptors (Lipinski definition) is 6. The Labute approximate surface area is 223 Å². The zero-order chi connectivity index (χ0) is 27.0. The van der Waals surface area contributed by atoms with Crippen molar-refractivity contribution in [1.82, 2.24) is 15.1 Å². The highest BCUT2D eigenvalue weighted by atomic mass is 16.6. The van der Waals surface area contributed by atoms with Gasteiger partial charge in [-0.1, -0.05) is 60.7 Å². The first-order valence-electron chi connectivity index (χ1n) is 13.0. The standard InChI is InChI=1S/C29H36N4O5/c1-29(2,3)38-28(35)30-23-14-16-24(17-15-23)33-18-25(26(32-33)36-19-21-10-6-4-7-11-21)31-27(34)37-20-22-12-8-5-9-13-22/h4-13,18,23-24H,14-17,19-20H2,1-3H3,(H,30,35)(H,31,34). The molecule has 0 radical (unpaired) electrons. The first kappa shape index (κ1) is 27.0. The molecule has 0 unspecified atom stereocenters. The topological polar surface area (TPSA) is 104 Å². The summed E-state index contributed by atoms with van der Waals surface area (Å²) in [6.07, 6.45) is 4.05. The van der Waals surface area contributed by atoms with Crippen molar-refractivity contribution in [2.45, 2.75) is 77.4 Å². The molecule has 2 N–H and O–H groups in total. The predicted octanol–water partition coefficient (Wildman–Crippen LogP) is 6.22. The number of ether oxygens (including phenoxy) is 3. The van der Waals surface area contributed by atoms with Crippen LogP contribution in [0.2, 0.25) is 0 Å².